The molecule has 10 nitrogen and oxygen atoms in total. The molecule has 7 aromatic rings. The molecule has 0 saturated heterocycles. The molecule has 3 heterocycles. The Balaban J connectivity index is 0.831. The average Bonchev–Trinajstić information content (AvgIpc) is 3.24. The van der Waals surface area contributed by atoms with Crippen LogP contribution >= 0.6 is 0 Å². The number of benzene rings is 5. The monoisotopic (exact) mass is 750 g/mol. The van der Waals surface area contributed by atoms with E-state index in [0.717, 1.165) is 44.6 Å². The number of carbonyl (C=O) groups is 2. The molecule has 1 aliphatic heterocycles. The lowest BCUT2D eigenvalue weighted by molar-refractivity contribution is 0.0685. The number of anilines is 1. The smallest absolute Gasteiger partial charge is 0.388 e. The van der Waals surface area contributed by atoms with Crippen LogP contribution in [0.2, 0.25) is 0 Å². The van der Waals surface area contributed by atoms with Crippen molar-refractivity contribution in [1.82, 2.24) is 15.3 Å². The van der Waals surface area contributed by atoms with Crippen LogP contribution in [0.5, 0.6) is 0 Å². The highest BCUT2D eigenvalue weighted by Gasteiger charge is 2.18. The lowest BCUT2D eigenvalue weighted by Gasteiger charge is -2.13. The maximum Gasteiger partial charge on any atom is 0.388 e. The zero-order chi connectivity index (χ0) is 39.3. The standard InChI is InChI=1S/C47H35N5O5/c1-29-44(47(55)56)40-28-48-23-22-42(40)52-45(29)36-16-12-33(13-17-36)34-18-20-37(21-19-34)49-24-25-57-50-27-30-6-8-31(9-7-30)32-10-14-35(15-11-32)43-26-39(46(53)54)38-4-2-3-5-41(38)51-43/h2-22,26,28H,23-25H2,1H3,(H3-,48,49,52,53,54,55,56)/p+1. The van der Waals surface area contributed by atoms with Crippen molar-refractivity contribution in [1.29, 1.82) is 0 Å². The lowest BCUT2D eigenvalue weighted by atomic mass is 9.97. The van der Waals surface area contributed by atoms with E-state index in [9.17, 15) is 19.8 Å². The Labute approximate surface area is 327 Å². The van der Waals surface area contributed by atoms with Crippen LogP contribution < -0.4 is 21.2 Å². The van der Waals surface area contributed by atoms with Crippen molar-refractivity contribution in [3.8, 4) is 50.8 Å². The maximum absolute atomic E-state index is 12.1. The van der Waals surface area contributed by atoms with Crippen molar-refractivity contribution in [3.63, 3.8) is 0 Å². The van der Waals surface area contributed by atoms with Gasteiger partial charge < -0.3 is 20.8 Å². The largest absolute Gasteiger partial charge is 0.478 e. The molecule has 0 atom stereocenters. The summed E-state index contributed by atoms with van der Waals surface area (Å²) in [5.74, 6) is -1.95. The van der Waals surface area contributed by atoms with Crippen LogP contribution in [0.25, 0.3) is 73.0 Å². The van der Waals surface area contributed by atoms with Gasteiger partial charge in [0.1, 0.15) is 5.56 Å². The first-order valence-electron chi connectivity index (χ1n) is 18.4. The van der Waals surface area contributed by atoms with E-state index in [4.69, 9.17) is 14.8 Å². The van der Waals surface area contributed by atoms with Gasteiger partial charge in [-0.1, -0.05) is 91.0 Å². The summed E-state index contributed by atoms with van der Waals surface area (Å²) in [6.07, 6.45) is 3.63. The molecule has 5 aromatic carbocycles. The zero-order valence-electron chi connectivity index (χ0n) is 30.9. The third-order valence-corrected chi connectivity index (χ3v) is 9.87. The fraction of sp³-hybridized carbons (Fsp3) is 0.0851. The second-order valence-corrected chi connectivity index (χ2v) is 13.5. The van der Waals surface area contributed by atoms with Gasteiger partial charge in [-0.2, -0.15) is 4.84 Å². The van der Waals surface area contributed by atoms with Gasteiger partial charge in [-0.05, 0) is 77.2 Å². The molecule has 0 saturated carbocycles. The Morgan fingerprint density at radius 2 is 1.39 bits per heavy atom. The SMILES string of the molecule is Cc1c(-c2ccc(-c3ccc(NCCO[N+]#Cc4ccc(-c5ccc(-c6cc(C(=O)O)c7ccccc7n6)cc5)cc4)cc3)cc2)nc2c(c1C(=O)O)=CNCC=2. The number of para-hydroxylation sites is 1. The molecule has 0 fully saturated rings. The van der Waals surface area contributed by atoms with Gasteiger partial charge in [0.2, 0.25) is 5.01 Å². The number of pyridine rings is 2. The quantitative estimate of drug-likeness (QED) is 0.0814. The minimum absolute atomic E-state index is 0.229. The number of hydrogen-bond donors (Lipinski definition) is 4. The highest BCUT2D eigenvalue weighted by molar-refractivity contribution is 6.03. The molecule has 10 heteroatoms. The van der Waals surface area contributed by atoms with Gasteiger partial charge in [0.15, 0.2) is 6.61 Å². The van der Waals surface area contributed by atoms with Gasteiger partial charge in [-0.15, -0.1) is 0 Å². The molecule has 2 aromatic heterocycles. The number of carboxylic acid groups (broad SMARTS) is 2. The van der Waals surface area contributed by atoms with Crippen molar-refractivity contribution in [2.75, 3.05) is 25.0 Å². The molecule has 0 amide bonds. The summed E-state index contributed by atoms with van der Waals surface area (Å²) in [4.78, 5) is 38.9. The van der Waals surface area contributed by atoms with Crippen LogP contribution in [0.3, 0.4) is 0 Å². The average molecular weight is 751 g/mol. The molecule has 0 aliphatic carbocycles. The number of aromatic carboxylic acids is 2. The number of fused-ring (bicyclic) bond motifs is 2. The minimum Gasteiger partial charge on any atom is -0.478 e. The van der Waals surface area contributed by atoms with Gasteiger partial charge in [0.25, 0.3) is 0 Å². The van der Waals surface area contributed by atoms with Crippen molar-refractivity contribution < 1.29 is 24.6 Å². The van der Waals surface area contributed by atoms with E-state index >= 15 is 0 Å². The summed E-state index contributed by atoms with van der Waals surface area (Å²) >= 11 is 0. The Bertz CT molecular complexity index is 2850. The third-order valence-electron chi connectivity index (χ3n) is 9.87. The van der Waals surface area contributed by atoms with Gasteiger partial charge in [0, 0.05) is 40.2 Å². The minimum atomic E-state index is -0.982. The van der Waals surface area contributed by atoms with Crippen LogP contribution in [0.1, 0.15) is 31.8 Å². The zero-order valence-corrected chi connectivity index (χ0v) is 30.9. The number of rotatable bonds is 10. The molecular formula is C47H36N5O5+. The van der Waals surface area contributed by atoms with E-state index in [1.165, 1.54) is 0 Å². The molecule has 57 heavy (non-hydrogen) atoms. The lowest BCUT2D eigenvalue weighted by Crippen LogP contribution is -2.40. The predicted molar refractivity (Wildman–Crippen MR) is 223 cm³/mol. The molecule has 0 bridgehead atoms. The first-order chi connectivity index (χ1) is 27.8. The van der Waals surface area contributed by atoms with Crippen molar-refractivity contribution in [3.05, 3.63) is 165 Å². The number of aromatic nitrogens is 2. The molecule has 0 spiro atoms. The topological polar surface area (TPSA) is 138 Å². The van der Waals surface area contributed by atoms with Crippen molar-refractivity contribution in [2.24, 2.45) is 0 Å². The molecule has 278 valence electrons. The van der Waals surface area contributed by atoms with Crippen LogP contribution in [0.15, 0.2) is 127 Å². The number of nitrogens with zero attached hydrogens (tertiary/aromatic N) is 3. The van der Waals surface area contributed by atoms with Crippen LogP contribution in [0.4, 0.5) is 5.69 Å². The van der Waals surface area contributed by atoms with E-state index in [1.54, 1.807) is 25.3 Å². The highest BCUT2D eigenvalue weighted by Crippen LogP contribution is 2.29. The predicted octanol–water partition coefficient (Wildman–Crippen LogP) is 7.85. The first-order valence-corrected chi connectivity index (χ1v) is 18.4. The maximum atomic E-state index is 12.1. The van der Waals surface area contributed by atoms with Crippen LogP contribution in [-0.4, -0.2) is 51.8 Å². The van der Waals surface area contributed by atoms with Gasteiger partial charge in [-0.25, -0.2) is 19.6 Å². The van der Waals surface area contributed by atoms with Gasteiger partial charge in [-0.3, -0.25) is 0 Å². The second-order valence-electron chi connectivity index (χ2n) is 13.5. The Kier molecular flexibility index (Phi) is 10.1. The molecule has 8 rings (SSSR count). The molecule has 4 N–H and O–H groups in total. The van der Waals surface area contributed by atoms with E-state index in [2.05, 4.69) is 21.7 Å². The summed E-state index contributed by atoms with van der Waals surface area (Å²) in [5, 5.41) is 32.0. The summed E-state index contributed by atoms with van der Waals surface area (Å²) < 4.78 is 0. The third kappa shape index (κ3) is 7.76. The number of hydrogen-bond acceptors (Lipinski definition) is 7. The van der Waals surface area contributed by atoms with E-state index < -0.39 is 11.9 Å². The Morgan fingerprint density at radius 3 is 2.05 bits per heavy atom. The summed E-state index contributed by atoms with van der Waals surface area (Å²) in [6, 6.07) is 43.6. The molecule has 1 aliphatic rings. The molecule has 0 radical (unpaired) electrons. The van der Waals surface area contributed by atoms with Crippen LogP contribution in [0, 0.1) is 13.0 Å². The van der Waals surface area contributed by atoms with E-state index in [-0.39, 0.29) is 11.1 Å². The number of carboxylic acids is 2. The molecular weight excluding hydrogens is 715 g/mol. The van der Waals surface area contributed by atoms with Crippen molar-refractivity contribution in [2.45, 2.75) is 6.92 Å². The fourth-order valence-electron chi connectivity index (χ4n) is 6.93. The first kappa shape index (κ1) is 36.2. The van der Waals surface area contributed by atoms with E-state index in [0.29, 0.717) is 58.1 Å². The van der Waals surface area contributed by atoms with Crippen LogP contribution in [-0.2, 0) is 4.84 Å². The molecule has 0 unspecified atom stereocenters. The van der Waals surface area contributed by atoms with Gasteiger partial charge in [0.05, 0.1) is 39.9 Å². The summed E-state index contributed by atoms with van der Waals surface area (Å²) in [6.45, 7) is 3.32. The van der Waals surface area contributed by atoms with Gasteiger partial charge >= 0.3 is 18.0 Å². The number of nitrogens with one attached hydrogen (secondary N) is 2. The Morgan fingerprint density at radius 1 is 0.772 bits per heavy atom. The van der Waals surface area contributed by atoms with E-state index in [1.807, 2.05) is 121 Å². The summed E-state index contributed by atoms with van der Waals surface area (Å²) in [5.41, 5.74) is 10.6. The van der Waals surface area contributed by atoms with Crippen molar-refractivity contribution >= 4 is 40.8 Å². The summed E-state index contributed by atoms with van der Waals surface area (Å²) in [7, 11) is 0. The fourth-order valence-corrected chi connectivity index (χ4v) is 6.93. The normalized spacial score (nSPS) is 11.5. The Hall–Kier alpha value is -7.77. The second kappa shape index (κ2) is 15.9. The highest BCUT2D eigenvalue weighted by atomic mass is 16.6.